The third kappa shape index (κ3) is 5.68. The first-order chi connectivity index (χ1) is 12.1. The van der Waals surface area contributed by atoms with E-state index in [-0.39, 0.29) is 36.3 Å². The first-order valence-corrected chi connectivity index (χ1v) is 8.13. The number of halogens is 3. The number of rotatable bonds is 6. The zero-order valence-corrected chi connectivity index (χ0v) is 14.6. The van der Waals surface area contributed by atoms with Crippen LogP contribution in [0.2, 0.25) is 0 Å². The fourth-order valence-corrected chi connectivity index (χ4v) is 2.40. The lowest BCUT2D eigenvalue weighted by Crippen LogP contribution is -2.26. The van der Waals surface area contributed by atoms with Crippen molar-refractivity contribution < 1.29 is 22.7 Å². The molecule has 0 aromatic heterocycles. The quantitative estimate of drug-likeness (QED) is 0.762. The Labute approximate surface area is 150 Å². The molecule has 0 unspecified atom stereocenters. The van der Waals surface area contributed by atoms with Gasteiger partial charge in [0, 0.05) is 12.2 Å². The Morgan fingerprint density at radius 3 is 2.38 bits per heavy atom. The number of nitrogens with two attached hydrogens (primary N) is 1. The van der Waals surface area contributed by atoms with Crippen LogP contribution in [0.1, 0.15) is 30.5 Å². The van der Waals surface area contributed by atoms with E-state index in [9.17, 15) is 18.0 Å². The highest BCUT2D eigenvalue weighted by Gasteiger charge is 2.33. The van der Waals surface area contributed by atoms with Crippen LogP contribution in [0.4, 0.5) is 18.9 Å². The van der Waals surface area contributed by atoms with Gasteiger partial charge in [0.1, 0.15) is 5.75 Å². The van der Waals surface area contributed by atoms with E-state index in [1.165, 1.54) is 12.1 Å². The molecule has 0 saturated carbocycles. The van der Waals surface area contributed by atoms with Gasteiger partial charge < -0.3 is 15.8 Å². The van der Waals surface area contributed by atoms with Crippen molar-refractivity contribution in [3.8, 4) is 5.75 Å². The van der Waals surface area contributed by atoms with Gasteiger partial charge in [0.2, 0.25) is 5.91 Å². The van der Waals surface area contributed by atoms with Gasteiger partial charge in [0.15, 0.2) is 0 Å². The van der Waals surface area contributed by atoms with E-state index >= 15 is 0 Å². The van der Waals surface area contributed by atoms with E-state index < -0.39 is 11.7 Å². The second-order valence-corrected chi connectivity index (χ2v) is 6.18. The molecule has 7 heteroatoms. The van der Waals surface area contributed by atoms with Gasteiger partial charge in [-0.1, -0.05) is 18.2 Å². The lowest BCUT2D eigenvalue weighted by Gasteiger charge is -2.17. The molecular formula is C19H21F3N2O2. The zero-order valence-electron chi connectivity index (χ0n) is 14.6. The highest BCUT2D eigenvalue weighted by Crippen LogP contribution is 2.34. The maximum absolute atomic E-state index is 13.3. The van der Waals surface area contributed by atoms with Crippen LogP contribution < -0.4 is 15.8 Å². The number of hydrogen-bond acceptors (Lipinski definition) is 3. The Balaban J connectivity index is 2.07. The molecule has 1 amide bonds. The fourth-order valence-electron chi connectivity index (χ4n) is 2.40. The number of nitrogens with one attached hydrogen (secondary N) is 1. The third-order valence-electron chi connectivity index (χ3n) is 3.58. The minimum absolute atomic E-state index is 0.0146. The summed E-state index contributed by atoms with van der Waals surface area (Å²) in [6.07, 6.45) is -4.70. The summed E-state index contributed by atoms with van der Waals surface area (Å²) in [7, 11) is 0. The molecule has 0 fully saturated rings. The number of benzene rings is 2. The van der Waals surface area contributed by atoms with Crippen molar-refractivity contribution in [2.24, 2.45) is 0 Å². The summed E-state index contributed by atoms with van der Waals surface area (Å²) >= 11 is 0. The monoisotopic (exact) mass is 366 g/mol. The molecule has 0 spiro atoms. The molecule has 0 radical (unpaired) electrons. The SMILES string of the molecule is CC(C)Oc1ccc(CNC(=O)Cc2ccc(N)cc2)c(C(F)(F)F)c1. The average Bonchev–Trinajstić information content (AvgIpc) is 2.54. The maximum Gasteiger partial charge on any atom is 0.416 e. The molecular weight excluding hydrogens is 345 g/mol. The van der Waals surface area contributed by atoms with Crippen LogP contribution >= 0.6 is 0 Å². The van der Waals surface area contributed by atoms with Crippen molar-refractivity contribution in [2.45, 2.75) is 39.1 Å². The highest BCUT2D eigenvalue weighted by atomic mass is 19.4. The van der Waals surface area contributed by atoms with Crippen molar-refractivity contribution in [2.75, 3.05) is 5.73 Å². The predicted octanol–water partition coefficient (Wildman–Crippen LogP) is 3.93. The van der Waals surface area contributed by atoms with Crippen LogP contribution in [0.3, 0.4) is 0 Å². The second-order valence-electron chi connectivity index (χ2n) is 6.18. The maximum atomic E-state index is 13.3. The van der Waals surface area contributed by atoms with Gasteiger partial charge in [-0.3, -0.25) is 4.79 Å². The van der Waals surface area contributed by atoms with Gasteiger partial charge in [-0.25, -0.2) is 0 Å². The van der Waals surface area contributed by atoms with Crippen LogP contribution in [0, 0.1) is 0 Å². The van der Waals surface area contributed by atoms with E-state index in [4.69, 9.17) is 10.5 Å². The molecule has 2 aromatic rings. The molecule has 0 saturated heterocycles. The van der Waals surface area contributed by atoms with Crippen LogP contribution in [0.25, 0.3) is 0 Å². The molecule has 4 nitrogen and oxygen atoms in total. The van der Waals surface area contributed by atoms with Gasteiger partial charge in [-0.2, -0.15) is 13.2 Å². The smallest absolute Gasteiger partial charge is 0.416 e. The molecule has 0 aliphatic rings. The van der Waals surface area contributed by atoms with Crippen LogP contribution in [-0.2, 0) is 23.9 Å². The summed E-state index contributed by atoms with van der Waals surface area (Å²) in [5.41, 5.74) is 6.05. The number of carbonyl (C=O) groups is 1. The molecule has 0 aliphatic carbocycles. The molecule has 0 aliphatic heterocycles. The molecule has 0 bridgehead atoms. The minimum atomic E-state index is -4.53. The Kier molecular flexibility index (Phi) is 6.13. The van der Waals surface area contributed by atoms with E-state index in [0.717, 1.165) is 11.6 Å². The van der Waals surface area contributed by atoms with Gasteiger partial charge in [-0.15, -0.1) is 0 Å². The molecule has 140 valence electrons. The van der Waals surface area contributed by atoms with E-state index in [1.54, 1.807) is 38.1 Å². The van der Waals surface area contributed by atoms with Gasteiger partial charge >= 0.3 is 6.18 Å². The van der Waals surface area contributed by atoms with Gasteiger partial charge in [-0.05, 0) is 49.2 Å². The minimum Gasteiger partial charge on any atom is -0.491 e. The predicted molar refractivity (Wildman–Crippen MR) is 93.6 cm³/mol. The van der Waals surface area contributed by atoms with Crippen LogP contribution in [-0.4, -0.2) is 12.0 Å². The fraction of sp³-hybridized carbons (Fsp3) is 0.316. The standard InChI is InChI=1S/C19H21F3N2O2/c1-12(2)26-16-8-5-14(17(10-16)19(20,21)22)11-24-18(25)9-13-3-6-15(23)7-4-13/h3-8,10,12H,9,11,23H2,1-2H3,(H,24,25). The third-order valence-corrected chi connectivity index (χ3v) is 3.58. The summed E-state index contributed by atoms with van der Waals surface area (Å²) in [6.45, 7) is 3.25. The van der Waals surface area contributed by atoms with E-state index in [2.05, 4.69) is 5.32 Å². The molecule has 3 N–H and O–H groups in total. The first-order valence-electron chi connectivity index (χ1n) is 8.13. The van der Waals surface area contributed by atoms with Crippen molar-refractivity contribution in [1.29, 1.82) is 0 Å². The zero-order chi connectivity index (χ0) is 19.3. The number of carbonyl (C=O) groups excluding carboxylic acids is 1. The van der Waals surface area contributed by atoms with Crippen molar-refractivity contribution in [3.63, 3.8) is 0 Å². The first kappa shape index (κ1) is 19.6. The summed E-state index contributed by atoms with van der Waals surface area (Å²) in [5.74, 6) is -0.227. The molecule has 2 aromatic carbocycles. The number of anilines is 1. The second kappa shape index (κ2) is 8.12. The summed E-state index contributed by atoms with van der Waals surface area (Å²) in [6, 6.07) is 10.5. The van der Waals surface area contributed by atoms with E-state index in [1.807, 2.05) is 0 Å². The Morgan fingerprint density at radius 2 is 1.81 bits per heavy atom. The highest BCUT2D eigenvalue weighted by molar-refractivity contribution is 5.78. The van der Waals surface area contributed by atoms with Crippen molar-refractivity contribution in [3.05, 3.63) is 59.2 Å². The number of hydrogen-bond donors (Lipinski definition) is 2. The van der Waals surface area contributed by atoms with E-state index in [0.29, 0.717) is 5.69 Å². The van der Waals surface area contributed by atoms with Gasteiger partial charge in [0.05, 0.1) is 18.1 Å². The lowest BCUT2D eigenvalue weighted by atomic mass is 10.1. The largest absolute Gasteiger partial charge is 0.491 e. The molecule has 2 rings (SSSR count). The molecule has 0 atom stereocenters. The Morgan fingerprint density at radius 1 is 1.15 bits per heavy atom. The summed E-state index contributed by atoms with van der Waals surface area (Å²) < 4.78 is 45.2. The lowest BCUT2D eigenvalue weighted by molar-refractivity contribution is -0.138. The Hall–Kier alpha value is -2.70. The number of nitrogen functional groups attached to an aromatic ring is 1. The molecule has 26 heavy (non-hydrogen) atoms. The van der Waals surface area contributed by atoms with Crippen LogP contribution in [0.15, 0.2) is 42.5 Å². The topological polar surface area (TPSA) is 64.3 Å². The Bertz CT molecular complexity index is 756. The van der Waals surface area contributed by atoms with Gasteiger partial charge in [0.25, 0.3) is 0 Å². The summed E-state index contributed by atoms with van der Waals surface area (Å²) in [5, 5.41) is 2.52. The number of amides is 1. The number of alkyl halides is 3. The van der Waals surface area contributed by atoms with Crippen molar-refractivity contribution >= 4 is 11.6 Å². The van der Waals surface area contributed by atoms with Crippen LogP contribution in [0.5, 0.6) is 5.75 Å². The normalized spacial score (nSPS) is 11.5. The summed E-state index contributed by atoms with van der Waals surface area (Å²) in [4.78, 5) is 12.0. The molecule has 0 heterocycles. The average molecular weight is 366 g/mol. The van der Waals surface area contributed by atoms with Crippen molar-refractivity contribution in [1.82, 2.24) is 5.32 Å². The number of ether oxygens (including phenoxy) is 1.